The van der Waals surface area contributed by atoms with Crippen LogP contribution in [0.25, 0.3) is 0 Å². The number of thioether (sulfide) groups is 1. The van der Waals surface area contributed by atoms with Crippen molar-refractivity contribution in [2.24, 2.45) is 0 Å². The summed E-state index contributed by atoms with van der Waals surface area (Å²) in [6, 6.07) is 8.04. The standard InChI is InChI=1S/C16H12F2N2O2S/c1-8-15(21)20-13-6-9(2-5-14(13)23-8)16(22)19-10-3-4-11(17)12(18)7-10/h2-8H,1H3,(H,19,22)(H,20,21). The quantitative estimate of drug-likeness (QED) is 0.881. The molecule has 1 aliphatic rings. The minimum Gasteiger partial charge on any atom is -0.324 e. The number of amides is 2. The number of carbonyl (C=O) groups is 2. The van der Waals surface area contributed by atoms with Gasteiger partial charge < -0.3 is 10.6 Å². The van der Waals surface area contributed by atoms with E-state index in [1.807, 2.05) is 0 Å². The normalized spacial score (nSPS) is 16.5. The summed E-state index contributed by atoms with van der Waals surface area (Å²) in [6.45, 7) is 1.80. The van der Waals surface area contributed by atoms with E-state index < -0.39 is 17.5 Å². The molecule has 118 valence electrons. The molecule has 23 heavy (non-hydrogen) atoms. The Kier molecular flexibility index (Phi) is 4.04. The van der Waals surface area contributed by atoms with E-state index in [9.17, 15) is 18.4 Å². The van der Waals surface area contributed by atoms with Crippen molar-refractivity contribution in [1.29, 1.82) is 0 Å². The highest BCUT2D eigenvalue weighted by molar-refractivity contribution is 8.00. The van der Waals surface area contributed by atoms with Gasteiger partial charge in [-0.3, -0.25) is 9.59 Å². The van der Waals surface area contributed by atoms with Crippen molar-refractivity contribution in [1.82, 2.24) is 0 Å². The molecule has 7 heteroatoms. The summed E-state index contributed by atoms with van der Waals surface area (Å²) >= 11 is 1.41. The zero-order valence-corrected chi connectivity index (χ0v) is 12.8. The van der Waals surface area contributed by atoms with Gasteiger partial charge in [0.25, 0.3) is 5.91 Å². The van der Waals surface area contributed by atoms with Crippen molar-refractivity contribution >= 4 is 35.0 Å². The molecule has 2 aromatic rings. The molecule has 0 aromatic heterocycles. The van der Waals surface area contributed by atoms with E-state index in [0.717, 1.165) is 17.0 Å². The maximum atomic E-state index is 13.2. The van der Waals surface area contributed by atoms with Gasteiger partial charge in [-0.05, 0) is 37.3 Å². The summed E-state index contributed by atoms with van der Waals surface area (Å²) < 4.78 is 26.0. The average molecular weight is 334 g/mol. The summed E-state index contributed by atoms with van der Waals surface area (Å²) in [5.74, 6) is -2.62. The highest BCUT2D eigenvalue weighted by atomic mass is 32.2. The molecule has 1 aliphatic heterocycles. The molecule has 2 N–H and O–H groups in total. The first-order valence-corrected chi connectivity index (χ1v) is 7.70. The lowest BCUT2D eigenvalue weighted by Crippen LogP contribution is -2.26. The Bertz CT molecular complexity index is 811. The zero-order valence-electron chi connectivity index (χ0n) is 12.0. The van der Waals surface area contributed by atoms with E-state index in [0.29, 0.717) is 11.3 Å². The van der Waals surface area contributed by atoms with Gasteiger partial charge in [0.2, 0.25) is 5.91 Å². The van der Waals surface area contributed by atoms with Crippen LogP contribution in [0.15, 0.2) is 41.3 Å². The number of fused-ring (bicyclic) bond motifs is 1. The van der Waals surface area contributed by atoms with Gasteiger partial charge in [-0.2, -0.15) is 0 Å². The highest BCUT2D eigenvalue weighted by Crippen LogP contribution is 2.36. The topological polar surface area (TPSA) is 58.2 Å². The van der Waals surface area contributed by atoms with E-state index >= 15 is 0 Å². The number of hydrogen-bond acceptors (Lipinski definition) is 3. The van der Waals surface area contributed by atoms with E-state index in [-0.39, 0.29) is 16.8 Å². The van der Waals surface area contributed by atoms with E-state index in [2.05, 4.69) is 10.6 Å². The SMILES string of the molecule is CC1Sc2ccc(C(=O)Nc3ccc(F)c(F)c3)cc2NC1=O. The molecule has 2 amide bonds. The lowest BCUT2D eigenvalue weighted by Gasteiger charge is -2.21. The lowest BCUT2D eigenvalue weighted by molar-refractivity contribution is -0.115. The second-order valence-corrected chi connectivity index (χ2v) is 6.43. The number of halogens is 2. The summed E-state index contributed by atoms with van der Waals surface area (Å²) in [6.07, 6.45) is 0. The van der Waals surface area contributed by atoms with Crippen LogP contribution in [-0.4, -0.2) is 17.1 Å². The van der Waals surface area contributed by atoms with E-state index in [1.54, 1.807) is 25.1 Å². The minimum atomic E-state index is -1.04. The van der Waals surface area contributed by atoms with Crippen LogP contribution in [0.2, 0.25) is 0 Å². The van der Waals surface area contributed by atoms with Gasteiger partial charge in [-0.1, -0.05) is 0 Å². The predicted molar refractivity (Wildman–Crippen MR) is 84.7 cm³/mol. The second-order valence-electron chi connectivity index (χ2n) is 5.04. The van der Waals surface area contributed by atoms with Gasteiger partial charge in [0.1, 0.15) is 0 Å². The molecule has 0 radical (unpaired) electrons. The Balaban J connectivity index is 1.81. The maximum absolute atomic E-state index is 13.2. The van der Waals surface area contributed by atoms with E-state index in [4.69, 9.17) is 0 Å². The number of nitrogens with one attached hydrogen (secondary N) is 2. The van der Waals surface area contributed by atoms with Crippen LogP contribution in [0, 0.1) is 11.6 Å². The third kappa shape index (κ3) is 3.19. The van der Waals surface area contributed by atoms with Gasteiger partial charge >= 0.3 is 0 Å². The van der Waals surface area contributed by atoms with Crippen molar-refractivity contribution in [3.8, 4) is 0 Å². The number of carbonyl (C=O) groups excluding carboxylic acids is 2. The molecule has 4 nitrogen and oxygen atoms in total. The smallest absolute Gasteiger partial charge is 0.255 e. The van der Waals surface area contributed by atoms with Gasteiger partial charge in [-0.25, -0.2) is 8.78 Å². The van der Waals surface area contributed by atoms with Crippen LogP contribution in [0.5, 0.6) is 0 Å². The molecule has 0 saturated carbocycles. The number of benzene rings is 2. The van der Waals surface area contributed by atoms with Gasteiger partial charge in [0.05, 0.1) is 10.9 Å². The van der Waals surface area contributed by atoms with Gasteiger partial charge in [0, 0.05) is 22.2 Å². The Labute approximate surface area is 135 Å². The van der Waals surface area contributed by atoms with Crippen LogP contribution < -0.4 is 10.6 Å². The van der Waals surface area contributed by atoms with Crippen molar-refractivity contribution in [2.45, 2.75) is 17.1 Å². The first kappa shape index (κ1) is 15.5. The molecule has 0 bridgehead atoms. The summed E-state index contributed by atoms with van der Waals surface area (Å²) in [7, 11) is 0. The first-order valence-electron chi connectivity index (χ1n) is 6.82. The van der Waals surface area contributed by atoms with Gasteiger partial charge in [-0.15, -0.1) is 11.8 Å². The Hall–Kier alpha value is -2.41. The largest absolute Gasteiger partial charge is 0.324 e. The fourth-order valence-corrected chi connectivity index (χ4v) is 3.06. The molecule has 1 heterocycles. The molecule has 0 aliphatic carbocycles. The van der Waals surface area contributed by atoms with Crippen LogP contribution in [0.3, 0.4) is 0 Å². The van der Waals surface area contributed by atoms with Crippen LogP contribution >= 0.6 is 11.8 Å². The lowest BCUT2D eigenvalue weighted by atomic mass is 10.1. The van der Waals surface area contributed by atoms with Crippen LogP contribution in [-0.2, 0) is 4.79 Å². The number of anilines is 2. The van der Waals surface area contributed by atoms with Crippen molar-refractivity contribution in [2.75, 3.05) is 10.6 Å². The molecule has 3 rings (SSSR count). The first-order chi connectivity index (χ1) is 10.9. The summed E-state index contributed by atoms with van der Waals surface area (Å²) in [4.78, 5) is 24.8. The predicted octanol–water partition coefficient (Wildman–Crippen LogP) is 3.65. The van der Waals surface area contributed by atoms with E-state index in [1.165, 1.54) is 17.8 Å². The minimum absolute atomic E-state index is 0.124. The van der Waals surface area contributed by atoms with Crippen LogP contribution in [0.1, 0.15) is 17.3 Å². The molecule has 1 unspecified atom stereocenters. The average Bonchev–Trinajstić information content (AvgIpc) is 2.51. The molecule has 0 saturated heterocycles. The third-order valence-electron chi connectivity index (χ3n) is 3.35. The molecular formula is C16H12F2N2O2S. The van der Waals surface area contributed by atoms with Crippen molar-refractivity contribution in [3.63, 3.8) is 0 Å². The molecule has 1 atom stereocenters. The summed E-state index contributed by atoms with van der Waals surface area (Å²) in [5.41, 5.74) is 1.03. The molecule has 0 fully saturated rings. The maximum Gasteiger partial charge on any atom is 0.255 e. The zero-order chi connectivity index (χ0) is 16.6. The Morgan fingerprint density at radius 1 is 1.17 bits per heavy atom. The summed E-state index contributed by atoms with van der Waals surface area (Å²) in [5, 5.41) is 5.03. The van der Waals surface area contributed by atoms with Crippen molar-refractivity contribution < 1.29 is 18.4 Å². The molecule has 2 aromatic carbocycles. The fourth-order valence-electron chi connectivity index (χ4n) is 2.13. The third-order valence-corrected chi connectivity index (χ3v) is 4.53. The fraction of sp³-hybridized carbons (Fsp3) is 0.125. The monoisotopic (exact) mass is 334 g/mol. The molecule has 0 spiro atoms. The number of hydrogen-bond donors (Lipinski definition) is 2. The van der Waals surface area contributed by atoms with Crippen LogP contribution in [0.4, 0.5) is 20.2 Å². The number of rotatable bonds is 2. The highest BCUT2D eigenvalue weighted by Gasteiger charge is 2.23. The second kappa shape index (κ2) is 6.00. The van der Waals surface area contributed by atoms with Gasteiger partial charge in [0.15, 0.2) is 11.6 Å². The van der Waals surface area contributed by atoms with Crippen molar-refractivity contribution in [3.05, 3.63) is 53.6 Å². The Morgan fingerprint density at radius 3 is 2.70 bits per heavy atom. The molecular weight excluding hydrogens is 322 g/mol. The Morgan fingerprint density at radius 2 is 1.96 bits per heavy atom.